The van der Waals surface area contributed by atoms with Crippen LogP contribution in [-0.2, 0) is 33.2 Å². The minimum atomic E-state index is -0.304. The standard InChI is InChI=1S/C20H25NO4.C20H25NO3/c21-9-14-1-3-16(4-2-14)20-24-10-17(11-25-20)15-5-7-18(8-6-15)22-12-19-13-23-19;21-10-15-3-7-17(8-4-15)20-23-11-18(12-24-20)16-5-1-14(2-6-16)9-19-13-22-19/h1-4,15,17-20H,5-8,10-13H2;3-4,7-8,14,16,18-20H,1-2,5-6,9,11-13H2. The minimum Gasteiger partial charge on any atom is -0.375 e. The predicted octanol–water partition coefficient (Wildman–Crippen LogP) is 7.01. The second-order valence-electron chi connectivity index (χ2n) is 14.8. The van der Waals surface area contributed by atoms with Gasteiger partial charge in [0.15, 0.2) is 12.6 Å². The lowest BCUT2D eigenvalue weighted by Gasteiger charge is -2.37. The van der Waals surface area contributed by atoms with E-state index in [4.69, 9.17) is 43.7 Å². The molecule has 0 spiro atoms. The minimum absolute atomic E-state index is 0.280. The second-order valence-corrected chi connectivity index (χ2v) is 14.8. The van der Waals surface area contributed by atoms with E-state index in [-0.39, 0.29) is 12.6 Å². The molecular formula is C40H50N2O7. The number of hydrogen-bond acceptors (Lipinski definition) is 9. The number of epoxide rings is 2. The Morgan fingerprint density at radius 3 is 1.35 bits per heavy atom. The van der Waals surface area contributed by atoms with Gasteiger partial charge in [0, 0.05) is 23.0 Å². The van der Waals surface area contributed by atoms with Crippen LogP contribution in [0.2, 0.25) is 0 Å². The van der Waals surface area contributed by atoms with Crippen molar-refractivity contribution in [3.05, 3.63) is 70.8 Å². The van der Waals surface area contributed by atoms with Crippen LogP contribution in [0.3, 0.4) is 0 Å². The topological polar surface area (TPSA) is 119 Å². The van der Waals surface area contributed by atoms with E-state index in [1.807, 2.05) is 48.5 Å². The molecule has 9 heteroatoms. The molecule has 2 aromatic rings. The number of nitriles is 2. The summed E-state index contributed by atoms with van der Waals surface area (Å²) >= 11 is 0. The maximum absolute atomic E-state index is 8.87. The largest absolute Gasteiger partial charge is 0.375 e. The first-order chi connectivity index (χ1) is 24.1. The molecule has 8 rings (SSSR count). The third-order valence-corrected chi connectivity index (χ3v) is 11.3. The van der Waals surface area contributed by atoms with Crippen molar-refractivity contribution in [3.8, 4) is 12.1 Å². The first kappa shape index (κ1) is 34.6. The highest BCUT2D eigenvalue weighted by Crippen LogP contribution is 2.40. The van der Waals surface area contributed by atoms with Crippen LogP contribution in [0.1, 0.15) is 92.6 Å². The molecule has 2 aromatic carbocycles. The van der Waals surface area contributed by atoms with Crippen LogP contribution in [0.4, 0.5) is 0 Å². The number of rotatable bonds is 9. The molecular weight excluding hydrogens is 620 g/mol. The molecule has 0 aromatic heterocycles. The van der Waals surface area contributed by atoms with Gasteiger partial charge in [-0.3, -0.25) is 0 Å². The zero-order valence-electron chi connectivity index (χ0n) is 28.5. The lowest BCUT2D eigenvalue weighted by molar-refractivity contribution is -0.215. The van der Waals surface area contributed by atoms with E-state index in [1.165, 1.54) is 44.9 Å². The third kappa shape index (κ3) is 9.90. The smallest absolute Gasteiger partial charge is 0.183 e. The number of ether oxygens (including phenoxy) is 7. The number of nitrogens with zero attached hydrogens (tertiary/aromatic N) is 2. The summed E-state index contributed by atoms with van der Waals surface area (Å²) in [5.41, 5.74) is 3.31. The molecule has 0 bridgehead atoms. The van der Waals surface area contributed by atoms with Crippen molar-refractivity contribution in [1.82, 2.24) is 0 Å². The van der Waals surface area contributed by atoms with E-state index in [1.54, 1.807) is 0 Å². The van der Waals surface area contributed by atoms with Crippen LogP contribution in [-0.4, -0.2) is 64.6 Å². The van der Waals surface area contributed by atoms with Gasteiger partial charge in [-0.2, -0.15) is 10.5 Å². The summed E-state index contributed by atoms with van der Waals surface area (Å²) in [7, 11) is 0. The van der Waals surface area contributed by atoms with Crippen molar-refractivity contribution in [2.24, 2.45) is 29.6 Å². The Morgan fingerprint density at radius 1 is 0.510 bits per heavy atom. The highest BCUT2D eigenvalue weighted by atomic mass is 16.7. The predicted molar refractivity (Wildman–Crippen MR) is 180 cm³/mol. The van der Waals surface area contributed by atoms with Gasteiger partial charge >= 0.3 is 0 Å². The molecule has 4 aliphatic heterocycles. The van der Waals surface area contributed by atoms with Gasteiger partial charge in [-0.25, -0.2) is 0 Å². The summed E-state index contributed by atoms with van der Waals surface area (Å²) in [5.74, 6) is 3.27. The molecule has 2 saturated carbocycles. The van der Waals surface area contributed by atoms with Gasteiger partial charge < -0.3 is 33.2 Å². The molecule has 2 unspecified atom stereocenters. The molecule has 0 amide bonds. The summed E-state index contributed by atoms with van der Waals surface area (Å²) in [6.07, 6.45) is 11.9. The van der Waals surface area contributed by atoms with Crippen LogP contribution in [0.5, 0.6) is 0 Å². The molecule has 6 aliphatic rings. The molecule has 6 fully saturated rings. The monoisotopic (exact) mass is 670 g/mol. The lowest BCUT2D eigenvalue weighted by Crippen LogP contribution is -2.35. The van der Waals surface area contributed by atoms with E-state index in [2.05, 4.69) is 12.1 Å². The zero-order chi connectivity index (χ0) is 33.4. The third-order valence-electron chi connectivity index (χ3n) is 11.3. The van der Waals surface area contributed by atoms with Gasteiger partial charge in [-0.05, 0) is 87.0 Å². The first-order valence-corrected chi connectivity index (χ1v) is 18.4. The molecule has 2 atom stereocenters. The first-order valence-electron chi connectivity index (χ1n) is 18.4. The fraction of sp³-hybridized carbons (Fsp3) is 0.650. The summed E-state index contributed by atoms with van der Waals surface area (Å²) in [4.78, 5) is 0. The fourth-order valence-electron chi connectivity index (χ4n) is 8.00. The van der Waals surface area contributed by atoms with Crippen LogP contribution in [0.25, 0.3) is 0 Å². The van der Waals surface area contributed by atoms with Crippen molar-refractivity contribution in [2.45, 2.75) is 88.7 Å². The van der Waals surface area contributed by atoms with E-state index < -0.39 is 0 Å². The Balaban J connectivity index is 0.000000154. The summed E-state index contributed by atoms with van der Waals surface area (Å²) in [6, 6.07) is 19.2. The quantitative estimate of drug-likeness (QED) is 0.260. The Morgan fingerprint density at radius 2 is 0.939 bits per heavy atom. The van der Waals surface area contributed by atoms with Gasteiger partial charge in [-0.15, -0.1) is 0 Å². The fourth-order valence-corrected chi connectivity index (χ4v) is 8.00. The molecule has 9 nitrogen and oxygen atoms in total. The van der Waals surface area contributed by atoms with E-state index >= 15 is 0 Å². The van der Waals surface area contributed by atoms with Gasteiger partial charge in [0.25, 0.3) is 0 Å². The Bertz CT molecular complexity index is 1380. The highest BCUT2D eigenvalue weighted by molar-refractivity contribution is 5.33. The molecule has 2 aliphatic carbocycles. The number of benzene rings is 2. The molecule has 0 radical (unpaired) electrons. The van der Waals surface area contributed by atoms with Crippen molar-refractivity contribution in [1.29, 1.82) is 10.5 Å². The lowest BCUT2D eigenvalue weighted by atomic mass is 9.75. The Kier molecular flexibility index (Phi) is 11.9. The maximum atomic E-state index is 8.87. The van der Waals surface area contributed by atoms with E-state index in [0.717, 1.165) is 82.1 Å². The zero-order valence-corrected chi connectivity index (χ0v) is 28.5. The normalized spacial score (nSPS) is 35.6. The Labute approximate surface area is 290 Å². The highest BCUT2D eigenvalue weighted by Gasteiger charge is 2.36. The van der Waals surface area contributed by atoms with Crippen LogP contribution in [0, 0.1) is 52.3 Å². The van der Waals surface area contributed by atoms with Crippen molar-refractivity contribution >= 4 is 0 Å². The van der Waals surface area contributed by atoms with E-state index in [9.17, 15) is 0 Å². The second kappa shape index (κ2) is 16.9. The summed E-state index contributed by atoms with van der Waals surface area (Å²) < 4.78 is 40.4. The Hall–Kier alpha value is -2.86. The average Bonchev–Trinajstić information content (AvgIpc) is 4.13. The molecule has 262 valence electrons. The molecule has 4 saturated heterocycles. The summed E-state index contributed by atoms with van der Waals surface area (Å²) in [6.45, 7) is 5.68. The summed E-state index contributed by atoms with van der Waals surface area (Å²) in [5, 5.41) is 17.7. The maximum Gasteiger partial charge on any atom is 0.183 e. The van der Waals surface area contributed by atoms with Gasteiger partial charge in [0.05, 0.1) is 81.7 Å². The molecule has 4 heterocycles. The van der Waals surface area contributed by atoms with Crippen molar-refractivity contribution in [2.75, 3.05) is 46.2 Å². The van der Waals surface area contributed by atoms with Gasteiger partial charge in [0.2, 0.25) is 0 Å². The van der Waals surface area contributed by atoms with E-state index in [0.29, 0.717) is 47.2 Å². The number of hydrogen-bond donors (Lipinski definition) is 0. The molecule has 0 N–H and O–H groups in total. The SMILES string of the molecule is N#Cc1ccc(C2OCC(C3CCC(CC4CO4)CC3)CO2)cc1.N#Cc1ccc(C2OCC(C3CCC(OCC4CO4)CC3)CO2)cc1. The van der Waals surface area contributed by atoms with Crippen LogP contribution >= 0.6 is 0 Å². The van der Waals surface area contributed by atoms with Gasteiger partial charge in [-0.1, -0.05) is 37.1 Å². The average molecular weight is 671 g/mol. The van der Waals surface area contributed by atoms with Crippen LogP contribution in [0.15, 0.2) is 48.5 Å². The molecule has 49 heavy (non-hydrogen) atoms. The van der Waals surface area contributed by atoms with Crippen molar-refractivity contribution in [3.63, 3.8) is 0 Å². The van der Waals surface area contributed by atoms with Gasteiger partial charge in [0.1, 0.15) is 6.10 Å². The van der Waals surface area contributed by atoms with Crippen molar-refractivity contribution < 1.29 is 33.2 Å². The van der Waals surface area contributed by atoms with Crippen LogP contribution < -0.4 is 0 Å².